The zero-order chi connectivity index (χ0) is 15.0. The van der Waals surface area contributed by atoms with Gasteiger partial charge in [0.05, 0.1) is 0 Å². The standard InChI is InChI=1S/C16H28FN3/c1-4-20(5-2)11-10-19-16(3,13-18)12-14-6-8-15(17)9-7-14/h6-9,19H,4-5,10-13,18H2,1-3H3. The SMILES string of the molecule is CCN(CC)CCNC(C)(CN)Cc1ccc(F)cc1. The first kappa shape index (κ1) is 17.1. The van der Waals surface area contributed by atoms with E-state index in [2.05, 4.69) is 31.0 Å². The first-order chi connectivity index (χ1) is 9.53. The Labute approximate surface area is 122 Å². The molecule has 0 saturated carbocycles. The molecule has 0 heterocycles. The molecule has 1 rings (SSSR count). The van der Waals surface area contributed by atoms with Crippen LogP contribution in [0.4, 0.5) is 4.39 Å². The normalized spacial score (nSPS) is 14.5. The van der Waals surface area contributed by atoms with Gasteiger partial charge >= 0.3 is 0 Å². The van der Waals surface area contributed by atoms with Gasteiger partial charge in [0.25, 0.3) is 0 Å². The molecule has 0 aliphatic rings. The molecular formula is C16H28FN3. The molecule has 0 radical (unpaired) electrons. The highest BCUT2D eigenvalue weighted by Crippen LogP contribution is 2.13. The third kappa shape index (κ3) is 5.57. The van der Waals surface area contributed by atoms with Gasteiger partial charge < -0.3 is 16.0 Å². The molecule has 114 valence electrons. The van der Waals surface area contributed by atoms with Crippen molar-refractivity contribution >= 4 is 0 Å². The van der Waals surface area contributed by atoms with Crippen LogP contribution < -0.4 is 11.1 Å². The summed E-state index contributed by atoms with van der Waals surface area (Å²) in [6, 6.07) is 6.66. The smallest absolute Gasteiger partial charge is 0.123 e. The van der Waals surface area contributed by atoms with Crippen molar-refractivity contribution in [3.63, 3.8) is 0 Å². The molecule has 0 saturated heterocycles. The molecule has 3 nitrogen and oxygen atoms in total. The highest BCUT2D eigenvalue weighted by atomic mass is 19.1. The van der Waals surface area contributed by atoms with Gasteiger partial charge in [0, 0.05) is 25.2 Å². The van der Waals surface area contributed by atoms with E-state index < -0.39 is 0 Å². The van der Waals surface area contributed by atoms with Crippen LogP contribution in [-0.4, -0.2) is 43.2 Å². The number of hydrogen-bond donors (Lipinski definition) is 2. The van der Waals surface area contributed by atoms with Crippen LogP contribution in [0.15, 0.2) is 24.3 Å². The number of benzene rings is 1. The summed E-state index contributed by atoms with van der Waals surface area (Å²) in [5, 5.41) is 3.55. The van der Waals surface area contributed by atoms with Gasteiger partial charge in [-0.15, -0.1) is 0 Å². The van der Waals surface area contributed by atoms with E-state index in [9.17, 15) is 4.39 Å². The maximum absolute atomic E-state index is 12.9. The number of halogens is 1. The predicted octanol–water partition coefficient (Wildman–Crippen LogP) is 2.02. The molecule has 0 amide bonds. The molecule has 20 heavy (non-hydrogen) atoms. The summed E-state index contributed by atoms with van der Waals surface area (Å²) in [5.74, 6) is -0.197. The Morgan fingerprint density at radius 2 is 1.80 bits per heavy atom. The molecule has 0 aliphatic carbocycles. The lowest BCUT2D eigenvalue weighted by molar-refractivity contribution is 0.274. The largest absolute Gasteiger partial charge is 0.329 e. The summed E-state index contributed by atoms with van der Waals surface area (Å²) in [7, 11) is 0. The molecule has 0 spiro atoms. The summed E-state index contributed by atoms with van der Waals surface area (Å²) in [5.41, 5.74) is 6.87. The fraction of sp³-hybridized carbons (Fsp3) is 0.625. The van der Waals surface area contributed by atoms with E-state index in [0.717, 1.165) is 38.2 Å². The highest BCUT2D eigenvalue weighted by Gasteiger charge is 2.22. The number of nitrogens with two attached hydrogens (primary N) is 1. The van der Waals surface area contributed by atoms with Crippen molar-refractivity contribution in [1.82, 2.24) is 10.2 Å². The first-order valence-corrected chi connectivity index (χ1v) is 7.45. The van der Waals surface area contributed by atoms with E-state index in [0.29, 0.717) is 6.54 Å². The van der Waals surface area contributed by atoms with Crippen molar-refractivity contribution in [2.45, 2.75) is 32.7 Å². The minimum absolute atomic E-state index is 0.148. The van der Waals surface area contributed by atoms with Gasteiger partial charge in [-0.3, -0.25) is 0 Å². The second kappa shape index (κ2) is 8.35. The first-order valence-electron chi connectivity index (χ1n) is 7.45. The van der Waals surface area contributed by atoms with Crippen LogP contribution in [0.2, 0.25) is 0 Å². The fourth-order valence-corrected chi connectivity index (χ4v) is 2.32. The maximum atomic E-state index is 12.9. The van der Waals surface area contributed by atoms with Gasteiger partial charge in [-0.25, -0.2) is 4.39 Å². The molecule has 1 atom stereocenters. The maximum Gasteiger partial charge on any atom is 0.123 e. The summed E-state index contributed by atoms with van der Waals surface area (Å²) < 4.78 is 12.9. The Bertz CT molecular complexity index is 376. The van der Waals surface area contributed by atoms with Crippen LogP contribution in [0.1, 0.15) is 26.3 Å². The molecule has 1 aromatic rings. The van der Waals surface area contributed by atoms with Gasteiger partial charge in [-0.2, -0.15) is 0 Å². The van der Waals surface area contributed by atoms with E-state index in [4.69, 9.17) is 5.73 Å². The van der Waals surface area contributed by atoms with Gasteiger partial charge in [0.15, 0.2) is 0 Å². The summed E-state index contributed by atoms with van der Waals surface area (Å²) in [6.07, 6.45) is 0.808. The third-order valence-corrected chi connectivity index (χ3v) is 3.83. The average molecular weight is 281 g/mol. The van der Waals surface area contributed by atoms with Crippen molar-refractivity contribution < 1.29 is 4.39 Å². The minimum Gasteiger partial charge on any atom is -0.329 e. The summed E-state index contributed by atoms with van der Waals surface area (Å²) in [6.45, 7) is 11.1. The Kier molecular flexibility index (Phi) is 7.13. The van der Waals surface area contributed by atoms with Crippen molar-refractivity contribution in [3.8, 4) is 0 Å². The predicted molar refractivity (Wildman–Crippen MR) is 83.4 cm³/mol. The average Bonchev–Trinajstić information content (AvgIpc) is 2.46. The van der Waals surface area contributed by atoms with Crippen LogP contribution in [0.25, 0.3) is 0 Å². The minimum atomic E-state index is -0.197. The van der Waals surface area contributed by atoms with E-state index in [1.165, 1.54) is 12.1 Å². The Balaban J connectivity index is 2.51. The Hall–Kier alpha value is -0.970. The van der Waals surface area contributed by atoms with Crippen molar-refractivity contribution in [2.75, 3.05) is 32.7 Å². The molecule has 1 unspecified atom stereocenters. The van der Waals surface area contributed by atoms with Gasteiger partial charge in [0.2, 0.25) is 0 Å². The Morgan fingerprint density at radius 3 is 2.30 bits per heavy atom. The van der Waals surface area contributed by atoms with Gasteiger partial charge in [-0.1, -0.05) is 26.0 Å². The quantitative estimate of drug-likeness (QED) is 0.727. The molecule has 0 fully saturated rings. The van der Waals surface area contributed by atoms with E-state index in [-0.39, 0.29) is 11.4 Å². The fourth-order valence-electron chi connectivity index (χ4n) is 2.32. The van der Waals surface area contributed by atoms with Crippen molar-refractivity contribution in [3.05, 3.63) is 35.6 Å². The van der Waals surface area contributed by atoms with Crippen LogP contribution in [0.5, 0.6) is 0 Å². The highest BCUT2D eigenvalue weighted by molar-refractivity contribution is 5.18. The Morgan fingerprint density at radius 1 is 1.20 bits per heavy atom. The lowest BCUT2D eigenvalue weighted by Crippen LogP contribution is -2.52. The number of nitrogens with zero attached hydrogens (tertiary/aromatic N) is 1. The number of likely N-dealkylation sites (N-methyl/N-ethyl adjacent to an activating group) is 1. The molecular weight excluding hydrogens is 253 g/mol. The second-order valence-corrected chi connectivity index (χ2v) is 5.52. The van der Waals surface area contributed by atoms with E-state index in [1.807, 2.05) is 12.1 Å². The van der Waals surface area contributed by atoms with Crippen molar-refractivity contribution in [2.24, 2.45) is 5.73 Å². The van der Waals surface area contributed by atoms with Crippen LogP contribution >= 0.6 is 0 Å². The van der Waals surface area contributed by atoms with Crippen molar-refractivity contribution in [1.29, 1.82) is 0 Å². The van der Waals surface area contributed by atoms with E-state index >= 15 is 0 Å². The molecule has 0 bridgehead atoms. The van der Waals surface area contributed by atoms with Gasteiger partial charge in [0.1, 0.15) is 5.82 Å². The number of nitrogens with one attached hydrogen (secondary N) is 1. The zero-order valence-corrected chi connectivity index (χ0v) is 13.0. The van der Waals surface area contributed by atoms with Gasteiger partial charge in [-0.05, 0) is 44.1 Å². The molecule has 4 heteroatoms. The van der Waals surface area contributed by atoms with Crippen LogP contribution in [0, 0.1) is 5.82 Å². The summed E-state index contributed by atoms with van der Waals surface area (Å²) >= 11 is 0. The lowest BCUT2D eigenvalue weighted by atomic mass is 9.93. The lowest BCUT2D eigenvalue weighted by Gasteiger charge is -2.31. The molecule has 0 aliphatic heterocycles. The zero-order valence-electron chi connectivity index (χ0n) is 13.0. The van der Waals surface area contributed by atoms with Crippen LogP contribution in [-0.2, 0) is 6.42 Å². The monoisotopic (exact) mass is 281 g/mol. The van der Waals surface area contributed by atoms with E-state index in [1.54, 1.807) is 0 Å². The van der Waals surface area contributed by atoms with Crippen LogP contribution in [0.3, 0.4) is 0 Å². The second-order valence-electron chi connectivity index (χ2n) is 5.52. The summed E-state index contributed by atoms with van der Waals surface area (Å²) in [4.78, 5) is 2.38. The molecule has 3 N–H and O–H groups in total. The molecule has 0 aromatic heterocycles. The number of hydrogen-bond acceptors (Lipinski definition) is 3. The molecule has 1 aromatic carbocycles. The number of rotatable bonds is 9. The third-order valence-electron chi connectivity index (χ3n) is 3.83. The topological polar surface area (TPSA) is 41.3 Å².